The van der Waals surface area contributed by atoms with E-state index in [-0.39, 0.29) is 5.82 Å². The Morgan fingerprint density at radius 1 is 1.19 bits per heavy atom. The summed E-state index contributed by atoms with van der Waals surface area (Å²) in [7, 11) is 0. The molecule has 0 N–H and O–H groups in total. The summed E-state index contributed by atoms with van der Waals surface area (Å²) >= 11 is 11.6. The molecule has 2 rings (SSSR count). The number of hydrogen-bond donors (Lipinski definition) is 0. The number of halogens is 3. The molecule has 1 aromatic carbocycles. The van der Waals surface area contributed by atoms with E-state index in [0.29, 0.717) is 22.3 Å². The van der Waals surface area contributed by atoms with Crippen LogP contribution in [0.15, 0.2) is 36.4 Å². The highest BCUT2D eigenvalue weighted by Gasteiger charge is 2.05. The van der Waals surface area contributed by atoms with Gasteiger partial charge in [0.1, 0.15) is 11.0 Å². The molecule has 0 aliphatic rings. The van der Waals surface area contributed by atoms with Gasteiger partial charge in [0, 0.05) is 11.1 Å². The first-order valence-electron chi connectivity index (χ1n) is 4.68. The highest BCUT2D eigenvalue weighted by Crippen LogP contribution is 2.23. The molecule has 1 nitrogen and oxygen atoms in total. The minimum Gasteiger partial charge on any atom is -0.236 e. The van der Waals surface area contributed by atoms with Crippen LogP contribution in [0.5, 0.6) is 0 Å². The topological polar surface area (TPSA) is 12.9 Å². The Morgan fingerprint density at radius 3 is 2.62 bits per heavy atom. The molecule has 0 aliphatic carbocycles. The van der Waals surface area contributed by atoms with E-state index in [0.717, 1.165) is 5.56 Å². The van der Waals surface area contributed by atoms with Gasteiger partial charge in [0.05, 0.1) is 11.6 Å². The van der Waals surface area contributed by atoms with E-state index < -0.39 is 0 Å². The summed E-state index contributed by atoms with van der Waals surface area (Å²) in [5.41, 5.74) is 2.10. The van der Waals surface area contributed by atoms with Crippen molar-refractivity contribution in [2.75, 3.05) is 0 Å². The van der Waals surface area contributed by atoms with E-state index in [9.17, 15) is 4.39 Å². The lowest BCUT2D eigenvalue weighted by molar-refractivity contribution is 0.628. The number of hydrogen-bond acceptors (Lipinski definition) is 1. The SMILES string of the molecule is Fc1cccc(-c2ccc(CCl)c(Cl)n2)c1. The van der Waals surface area contributed by atoms with Gasteiger partial charge in [0.15, 0.2) is 0 Å². The lowest BCUT2D eigenvalue weighted by Gasteiger charge is -2.04. The van der Waals surface area contributed by atoms with Crippen LogP contribution in [0.1, 0.15) is 5.56 Å². The Balaban J connectivity index is 2.45. The monoisotopic (exact) mass is 255 g/mol. The minimum atomic E-state index is -0.295. The van der Waals surface area contributed by atoms with Gasteiger partial charge >= 0.3 is 0 Å². The molecule has 0 atom stereocenters. The van der Waals surface area contributed by atoms with Crippen molar-refractivity contribution in [2.45, 2.75) is 5.88 Å². The van der Waals surface area contributed by atoms with Gasteiger partial charge in [0.25, 0.3) is 0 Å². The van der Waals surface area contributed by atoms with E-state index in [1.807, 2.05) is 0 Å². The van der Waals surface area contributed by atoms with E-state index in [2.05, 4.69) is 4.98 Å². The molecule has 16 heavy (non-hydrogen) atoms. The van der Waals surface area contributed by atoms with Gasteiger partial charge < -0.3 is 0 Å². The van der Waals surface area contributed by atoms with Crippen molar-refractivity contribution in [1.82, 2.24) is 4.98 Å². The number of rotatable bonds is 2. The third kappa shape index (κ3) is 2.34. The maximum absolute atomic E-state index is 13.0. The molecule has 0 spiro atoms. The lowest BCUT2D eigenvalue weighted by atomic mass is 10.1. The van der Waals surface area contributed by atoms with Crippen LogP contribution in [-0.2, 0) is 5.88 Å². The molecule has 0 bridgehead atoms. The zero-order chi connectivity index (χ0) is 11.5. The second-order valence-electron chi connectivity index (χ2n) is 3.29. The van der Waals surface area contributed by atoms with Crippen LogP contribution in [0.3, 0.4) is 0 Å². The first-order chi connectivity index (χ1) is 7.70. The van der Waals surface area contributed by atoms with Crippen LogP contribution < -0.4 is 0 Å². The molecule has 1 heterocycles. The van der Waals surface area contributed by atoms with Crippen molar-refractivity contribution in [2.24, 2.45) is 0 Å². The van der Waals surface area contributed by atoms with Gasteiger partial charge in [-0.3, -0.25) is 0 Å². The maximum Gasteiger partial charge on any atom is 0.134 e. The third-order valence-electron chi connectivity index (χ3n) is 2.19. The Bertz CT molecular complexity index is 514. The second kappa shape index (κ2) is 4.81. The summed E-state index contributed by atoms with van der Waals surface area (Å²) < 4.78 is 13.0. The molecular formula is C12H8Cl2FN. The second-order valence-corrected chi connectivity index (χ2v) is 3.92. The molecule has 0 radical (unpaired) electrons. The van der Waals surface area contributed by atoms with Crippen molar-refractivity contribution in [3.05, 3.63) is 52.9 Å². The fraction of sp³-hybridized carbons (Fsp3) is 0.0833. The minimum absolute atomic E-state index is 0.295. The normalized spacial score (nSPS) is 10.4. The number of aromatic nitrogens is 1. The van der Waals surface area contributed by atoms with Crippen molar-refractivity contribution in [3.63, 3.8) is 0 Å². The number of alkyl halides is 1. The largest absolute Gasteiger partial charge is 0.236 e. The molecule has 0 saturated heterocycles. The van der Waals surface area contributed by atoms with Gasteiger partial charge in [-0.05, 0) is 18.2 Å². The Hall–Kier alpha value is -1.12. The predicted molar refractivity (Wildman–Crippen MR) is 64.2 cm³/mol. The zero-order valence-electron chi connectivity index (χ0n) is 8.25. The van der Waals surface area contributed by atoms with E-state index in [1.54, 1.807) is 24.3 Å². The van der Waals surface area contributed by atoms with Crippen molar-refractivity contribution >= 4 is 23.2 Å². The smallest absolute Gasteiger partial charge is 0.134 e. The predicted octanol–water partition coefficient (Wildman–Crippen LogP) is 4.28. The Morgan fingerprint density at radius 2 is 2.00 bits per heavy atom. The molecule has 0 fully saturated rings. The van der Waals surface area contributed by atoms with Crippen LogP contribution in [-0.4, -0.2) is 4.98 Å². The molecular weight excluding hydrogens is 248 g/mol. The first-order valence-corrected chi connectivity index (χ1v) is 5.59. The van der Waals surface area contributed by atoms with Crippen LogP contribution >= 0.6 is 23.2 Å². The molecule has 0 saturated carbocycles. The maximum atomic E-state index is 13.0. The Labute approximate surface area is 103 Å². The molecule has 4 heteroatoms. The van der Waals surface area contributed by atoms with E-state index >= 15 is 0 Å². The summed E-state index contributed by atoms with van der Waals surface area (Å²) in [5, 5.41) is 0.358. The lowest BCUT2D eigenvalue weighted by Crippen LogP contribution is -1.89. The van der Waals surface area contributed by atoms with Crippen LogP contribution in [0, 0.1) is 5.82 Å². The number of pyridine rings is 1. The molecule has 0 aliphatic heterocycles. The number of nitrogens with zero attached hydrogens (tertiary/aromatic N) is 1. The van der Waals surface area contributed by atoms with Crippen molar-refractivity contribution in [1.29, 1.82) is 0 Å². The highest BCUT2D eigenvalue weighted by atomic mass is 35.5. The highest BCUT2D eigenvalue weighted by molar-refractivity contribution is 6.31. The van der Waals surface area contributed by atoms with Gasteiger partial charge in [-0.1, -0.05) is 29.8 Å². The first kappa shape index (κ1) is 11.4. The van der Waals surface area contributed by atoms with E-state index in [1.165, 1.54) is 12.1 Å². The quantitative estimate of drug-likeness (QED) is 0.577. The Kier molecular flexibility index (Phi) is 3.42. The molecule has 2 aromatic rings. The fourth-order valence-electron chi connectivity index (χ4n) is 1.37. The molecule has 1 aromatic heterocycles. The zero-order valence-corrected chi connectivity index (χ0v) is 9.76. The average Bonchev–Trinajstić information content (AvgIpc) is 2.29. The van der Waals surface area contributed by atoms with Crippen LogP contribution in [0.25, 0.3) is 11.3 Å². The molecule has 0 unspecified atom stereocenters. The van der Waals surface area contributed by atoms with Gasteiger partial charge in [0.2, 0.25) is 0 Å². The summed E-state index contributed by atoms with van der Waals surface area (Å²) in [6.07, 6.45) is 0. The standard InChI is InChI=1S/C12H8Cl2FN/c13-7-9-4-5-11(16-12(9)14)8-2-1-3-10(15)6-8/h1-6H,7H2. The van der Waals surface area contributed by atoms with Crippen molar-refractivity contribution < 1.29 is 4.39 Å². The van der Waals surface area contributed by atoms with Crippen molar-refractivity contribution in [3.8, 4) is 11.3 Å². The fourth-order valence-corrected chi connectivity index (χ4v) is 1.88. The van der Waals surface area contributed by atoms with Gasteiger partial charge in [-0.25, -0.2) is 9.37 Å². The summed E-state index contributed by atoms with van der Waals surface area (Å²) in [6.45, 7) is 0. The van der Waals surface area contributed by atoms with Crippen LogP contribution in [0.2, 0.25) is 5.15 Å². The summed E-state index contributed by atoms with van der Waals surface area (Å²) in [5.74, 6) is 0.0202. The molecule has 82 valence electrons. The van der Waals surface area contributed by atoms with Crippen LogP contribution in [0.4, 0.5) is 4.39 Å². The summed E-state index contributed by atoms with van der Waals surface area (Å²) in [4.78, 5) is 4.17. The molecule has 0 amide bonds. The van der Waals surface area contributed by atoms with Gasteiger partial charge in [-0.15, -0.1) is 11.6 Å². The van der Waals surface area contributed by atoms with E-state index in [4.69, 9.17) is 23.2 Å². The third-order valence-corrected chi connectivity index (χ3v) is 2.81. The van der Waals surface area contributed by atoms with Gasteiger partial charge in [-0.2, -0.15) is 0 Å². The summed E-state index contributed by atoms with van der Waals surface area (Å²) in [6, 6.07) is 9.79. The number of benzene rings is 1. The average molecular weight is 256 g/mol.